The van der Waals surface area contributed by atoms with Crippen molar-refractivity contribution in [3.8, 4) is 0 Å². The van der Waals surface area contributed by atoms with Crippen LogP contribution in [0.25, 0.3) is 0 Å². The Morgan fingerprint density at radius 2 is 1.90 bits per heavy atom. The van der Waals surface area contributed by atoms with E-state index in [-0.39, 0.29) is 18.7 Å². The Balaban J connectivity index is 1.93. The molecule has 5 nitrogen and oxygen atoms in total. The molecule has 0 bridgehead atoms. The molecule has 1 N–H and O–H groups in total. The number of rotatable bonds is 4. The lowest BCUT2D eigenvalue weighted by Gasteiger charge is -2.25. The summed E-state index contributed by atoms with van der Waals surface area (Å²) in [5, 5.41) is 2.13. The molecule has 1 aromatic carbocycles. The average molecular weight is 318 g/mol. The summed E-state index contributed by atoms with van der Waals surface area (Å²) in [7, 11) is -3.30. The van der Waals surface area contributed by atoms with Crippen LogP contribution in [0.5, 0.6) is 0 Å². The molecule has 8 heteroatoms. The van der Waals surface area contributed by atoms with Gasteiger partial charge in [0.2, 0.25) is 15.9 Å². The number of halogens is 2. The van der Waals surface area contributed by atoms with E-state index in [1.54, 1.807) is 0 Å². The number of sulfonamides is 1. The SMILES string of the molecule is O=C(CCN1CCCCS1(=O)=O)Nc1c(F)cccc1F. The number of nitrogens with zero attached hydrogens (tertiary/aromatic N) is 1. The van der Waals surface area contributed by atoms with Gasteiger partial charge in [-0.3, -0.25) is 4.79 Å². The molecule has 1 amide bonds. The Kier molecular flexibility index (Phi) is 4.89. The second kappa shape index (κ2) is 6.48. The molecule has 21 heavy (non-hydrogen) atoms. The Morgan fingerprint density at radius 3 is 2.52 bits per heavy atom. The molecule has 0 aliphatic carbocycles. The van der Waals surface area contributed by atoms with E-state index in [0.29, 0.717) is 13.0 Å². The van der Waals surface area contributed by atoms with E-state index >= 15 is 0 Å². The topological polar surface area (TPSA) is 66.5 Å². The summed E-state index contributed by atoms with van der Waals surface area (Å²) in [6.07, 6.45) is 1.22. The lowest BCUT2D eigenvalue weighted by molar-refractivity contribution is -0.116. The van der Waals surface area contributed by atoms with Crippen LogP contribution in [0.15, 0.2) is 18.2 Å². The van der Waals surface area contributed by atoms with Gasteiger partial charge in [0.15, 0.2) is 0 Å². The number of nitrogens with one attached hydrogen (secondary N) is 1. The van der Waals surface area contributed by atoms with Crippen LogP contribution in [0.2, 0.25) is 0 Å². The first-order valence-corrected chi connectivity index (χ1v) is 8.23. The monoisotopic (exact) mass is 318 g/mol. The van der Waals surface area contributed by atoms with Gasteiger partial charge in [0.05, 0.1) is 5.75 Å². The fraction of sp³-hybridized carbons (Fsp3) is 0.462. The number of carbonyl (C=O) groups is 1. The van der Waals surface area contributed by atoms with Crippen molar-refractivity contribution in [1.29, 1.82) is 0 Å². The van der Waals surface area contributed by atoms with E-state index in [1.807, 2.05) is 0 Å². The van der Waals surface area contributed by atoms with Crippen LogP contribution in [0.4, 0.5) is 14.5 Å². The number of amides is 1. The van der Waals surface area contributed by atoms with Crippen LogP contribution in [0.1, 0.15) is 19.3 Å². The Morgan fingerprint density at radius 1 is 1.24 bits per heavy atom. The zero-order chi connectivity index (χ0) is 15.5. The van der Waals surface area contributed by atoms with Crippen molar-refractivity contribution >= 4 is 21.6 Å². The summed E-state index contributed by atoms with van der Waals surface area (Å²) >= 11 is 0. The van der Waals surface area contributed by atoms with E-state index in [0.717, 1.165) is 18.6 Å². The molecule has 1 heterocycles. The second-order valence-electron chi connectivity index (χ2n) is 4.82. The summed E-state index contributed by atoms with van der Waals surface area (Å²) < 4.78 is 51.4. The van der Waals surface area contributed by atoms with Crippen LogP contribution >= 0.6 is 0 Å². The van der Waals surface area contributed by atoms with Gasteiger partial charge in [-0.1, -0.05) is 6.07 Å². The molecule has 0 unspecified atom stereocenters. The van der Waals surface area contributed by atoms with E-state index in [4.69, 9.17) is 0 Å². The van der Waals surface area contributed by atoms with Crippen molar-refractivity contribution in [2.75, 3.05) is 24.2 Å². The molecule has 116 valence electrons. The lowest BCUT2D eigenvalue weighted by atomic mass is 10.2. The van der Waals surface area contributed by atoms with Crippen LogP contribution in [-0.4, -0.2) is 37.5 Å². The zero-order valence-electron chi connectivity index (χ0n) is 11.3. The van der Waals surface area contributed by atoms with Crippen LogP contribution in [-0.2, 0) is 14.8 Å². The normalized spacial score (nSPS) is 18.4. The van der Waals surface area contributed by atoms with Gasteiger partial charge in [0, 0.05) is 19.5 Å². The number of carbonyl (C=O) groups excluding carboxylic acids is 1. The quantitative estimate of drug-likeness (QED) is 0.919. The number of para-hydroxylation sites is 1. The molecule has 0 saturated carbocycles. The summed E-state index contributed by atoms with van der Waals surface area (Å²) in [5.74, 6) is -2.28. The van der Waals surface area contributed by atoms with E-state index in [2.05, 4.69) is 5.32 Å². The van der Waals surface area contributed by atoms with Gasteiger partial charge in [-0.2, -0.15) is 0 Å². The third kappa shape index (κ3) is 3.98. The third-order valence-corrected chi connectivity index (χ3v) is 5.23. The van der Waals surface area contributed by atoms with Crippen LogP contribution in [0, 0.1) is 11.6 Å². The average Bonchev–Trinajstić information content (AvgIpc) is 2.41. The fourth-order valence-corrected chi connectivity index (χ4v) is 3.74. The minimum absolute atomic E-state index is 0.0181. The van der Waals surface area contributed by atoms with Gasteiger partial charge in [0.1, 0.15) is 17.3 Å². The first-order valence-electron chi connectivity index (χ1n) is 6.62. The highest BCUT2D eigenvalue weighted by molar-refractivity contribution is 7.89. The van der Waals surface area contributed by atoms with E-state index in [9.17, 15) is 22.0 Å². The van der Waals surface area contributed by atoms with Crippen molar-refractivity contribution in [3.05, 3.63) is 29.8 Å². The number of benzene rings is 1. The second-order valence-corrected chi connectivity index (χ2v) is 6.91. The van der Waals surface area contributed by atoms with Crippen LogP contribution < -0.4 is 5.32 Å². The number of hydrogen-bond acceptors (Lipinski definition) is 3. The molecular weight excluding hydrogens is 302 g/mol. The molecular formula is C13H16F2N2O3S. The molecule has 1 aliphatic rings. The molecule has 1 saturated heterocycles. The maximum Gasteiger partial charge on any atom is 0.225 e. The van der Waals surface area contributed by atoms with Crippen molar-refractivity contribution in [2.45, 2.75) is 19.3 Å². The van der Waals surface area contributed by atoms with Crippen molar-refractivity contribution in [1.82, 2.24) is 4.31 Å². The predicted octanol–water partition coefficient (Wildman–Crippen LogP) is 1.72. The van der Waals surface area contributed by atoms with Gasteiger partial charge in [-0.25, -0.2) is 21.5 Å². The Hall–Kier alpha value is -1.54. The summed E-state index contributed by atoms with van der Waals surface area (Å²) in [5.41, 5.74) is -0.510. The molecule has 1 fully saturated rings. The van der Waals surface area contributed by atoms with Gasteiger partial charge in [0.25, 0.3) is 0 Å². The first kappa shape index (κ1) is 15.8. The maximum absolute atomic E-state index is 13.4. The fourth-order valence-electron chi connectivity index (χ4n) is 2.14. The smallest absolute Gasteiger partial charge is 0.225 e. The third-order valence-electron chi connectivity index (χ3n) is 3.27. The highest BCUT2D eigenvalue weighted by Crippen LogP contribution is 2.18. The Labute approximate surface area is 122 Å². The van der Waals surface area contributed by atoms with Crippen molar-refractivity contribution in [3.63, 3.8) is 0 Å². The molecule has 0 radical (unpaired) electrons. The highest BCUT2D eigenvalue weighted by Gasteiger charge is 2.26. The molecule has 2 rings (SSSR count). The van der Waals surface area contributed by atoms with E-state index < -0.39 is 33.3 Å². The maximum atomic E-state index is 13.4. The Bertz CT molecular complexity index is 614. The highest BCUT2D eigenvalue weighted by atomic mass is 32.2. The molecule has 1 aromatic rings. The summed E-state index contributed by atoms with van der Waals surface area (Å²) in [4.78, 5) is 11.7. The largest absolute Gasteiger partial charge is 0.321 e. The number of hydrogen-bond donors (Lipinski definition) is 1. The first-order chi connectivity index (χ1) is 9.90. The van der Waals surface area contributed by atoms with Gasteiger partial charge in [-0.15, -0.1) is 0 Å². The lowest BCUT2D eigenvalue weighted by Crippen LogP contribution is -2.39. The van der Waals surface area contributed by atoms with Gasteiger partial charge >= 0.3 is 0 Å². The zero-order valence-corrected chi connectivity index (χ0v) is 12.1. The van der Waals surface area contributed by atoms with Gasteiger partial charge in [-0.05, 0) is 25.0 Å². The summed E-state index contributed by atoms with van der Waals surface area (Å²) in [6.45, 7) is 0.397. The van der Waals surface area contributed by atoms with Crippen LogP contribution in [0.3, 0.4) is 0 Å². The molecule has 0 spiro atoms. The standard InChI is InChI=1S/C13H16F2N2O3S/c14-10-4-3-5-11(15)13(10)16-12(18)6-8-17-7-1-2-9-21(17,19)20/h3-5H,1-2,6-9H2,(H,16,18). The van der Waals surface area contributed by atoms with E-state index in [1.165, 1.54) is 10.4 Å². The minimum Gasteiger partial charge on any atom is -0.321 e. The van der Waals surface area contributed by atoms with Gasteiger partial charge < -0.3 is 5.32 Å². The number of anilines is 1. The molecule has 0 atom stereocenters. The summed E-state index contributed by atoms with van der Waals surface area (Å²) in [6, 6.07) is 3.27. The van der Waals surface area contributed by atoms with Crippen molar-refractivity contribution < 1.29 is 22.0 Å². The minimum atomic E-state index is -3.30. The molecule has 0 aromatic heterocycles. The van der Waals surface area contributed by atoms with Crippen molar-refractivity contribution in [2.24, 2.45) is 0 Å². The molecule has 1 aliphatic heterocycles. The predicted molar refractivity (Wildman–Crippen MR) is 74.2 cm³/mol.